The second-order valence-corrected chi connectivity index (χ2v) is 6.34. The van der Waals surface area contributed by atoms with Crippen LogP contribution in [-0.4, -0.2) is 38.2 Å². The van der Waals surface area contributed by atoms with Crippen molar-refractivity contribution in [3.05, 3.63) is 59.2 Å². The van der Waals surface area contributed by atoms with Gasteiger partial charge in [-0.1, -0.05) is 12.1 Å². The monoisotopic (exact) mass is 370 g/mol. The third kappa shape index (κ3) is 6.11. The van der Waals surface area contributed by atoms with Crippen molar-refractivity contribution in [1.29, 1.82) is 0 Å². The lowest BCUT2D eigenvalue weighted by atomic mass is 10.1. The Balaban J connectivity index is 1.93. The standard InChI is InChI=1S/C21H26N2O4/c1-14-5-6-15(2)19(13-14)27-16(3)20(24)23-18-9-7-17(8-10-18)21(25)22-11-12-26-4/h5-10,13,16H,11-12H2,1-4H3,(H,22,25)(H,23,24). The van der Waals surface area contributed by atoms with Crippen LogP contribution in [0.25, 0.3) is 0 Å². The number of amides is 2. The largest absolute Gasteiger partial charge is 0.481 e. The van der Waals surface area contributed by atoms with E-state index in [1.807, 2.05) is 32.0 Å². The van der Waals surface area contributed by atoms with Gasteiger partial charge >= 0.3 is 0 Å². The van der Waals surface area contributed by atoms with Crippen LogP contribution in [0.5, 0.6) is 5.75 Å². The van der Waals surface area contributed by atoms with Crippen molar-refractivity contribution in [2.75, 3.05) is 25.6 Å². The minimum Gasteiger partial charge on any atom is -0.481 e. The average Bonchev–Trinajstić information content (AvgIpc) is 2.65. The van der Waals surface area contributed by atoms with E-state index in [9.17, 15) is 9.59 Å². The molecular weight excluding hydrogens is 344 g/mol. The summed E-state index contributed by atoms with van der Waals surface area (Å²) in [5.41, 5.74) is 3.17. The van der Waals surface area contributed by atoms with Crippen LogP contribution in [0.4, 0.5) is 5.69 Å². The maximum Gasteiger partial charge on any atom is 0.265 e. The van der Waals surface area contributed by atoms with Gasteiger partial charge in [-0.3, -0.25) is 9.59 Å². The van der Waals surface area contributed by atoms with Gasteiger partial charge in [0.25, 0.3) is 11.8 Å². The van der Waals surface area contributed by atoms with Crippen LogP contribution in [-0.2, 0) is 9.53 Å². The Kier molecular flexibility index (Phi) is 7.37. The van der Waals surface area contributed by atoms with Crippen molar-refractivity contribution in [3.8, 4) is 5.75 Å². The first-order chi connectivity index (χ1) is 12.9. The van der Waals surface area contributed by atoms with Crippen molar-refractivity contribution < 1.29 is 19.1 Å². The van der Waals surface area contributed by atoms with Gasteiger partial charge in [0.05, 0.1) is 6.61 Å². The number of anilines is 1. The number of ether oxygens (including phenoxy) is 2. The third-order valence-electron chi connectivity index (χ3n) is 4.02. The molecule has 0 aliphatic heterocycles. The van der Waals surface area contributed by atoms with Crippen molar-refractivity contribution in [1.82, 2.24) is 5.32 Å². The molecule has 6 heteroatoms. The Bertz CT molecular complexity index is 787. The molecule has 0 saturated carbocycles. The highest BCUT2D eigenvalue weighted by molar-refractivity contribution is 5.96. The second kappa shape index (κ2) is 9.73. The summed E-state index contributed by atoms with van der Waals surface area (Å²) < 4.78 is 10.7. The highest BCUT2D eigenvalue weighted by Crippen LogP contribution is 2.21. The average molecular weight is 370 g/mol. The molecule has 0 fully saturated rings. The highest BCUT2D eigenvalue weighted by atomic mass is 16.5. The summed E-state index contributed by atoms with van der Waals surface area (Å²) in [5, 5.41) is 5.54. The predicted molar refractivity (Wildman–Crippen MR) is 105 cm³/mol. The SMILES string of the molecule is COCCNC(=O)c1ccc(NC(=O)C(C)Oc2cc(C)ccc2C)cc1. The van der Waals surface area contributed by atoms with Gasteiger partial charge in [-0.05, 0) is 62.2 Å². The van der Waals surface area contributed by atoms with E-state index in [-0.39, 0.29) is 11.8 Å². The zero-order valence-corrected chi connectivity index (χ0v) is 16.2. The second-order valence-electron chi connectivity index (χ2n) is 6.34. The molecule has 0 aliphatic rings. The highest BCUT2D eigenvalue weighted by Gasteiger charge is 2.16. The normalized spacial score (nSPS) is 11.6. The summed E-state index contributed by atoms with van der Waals surface area (Å²) in [6.07, 6.45) is -0.650. The summed E-state index contributed by atoms with van der Waals surface area (Å²) in [6, 6.07) is 12.6. The van der Waals surface area contributed by atoms with Gasteiger partial charge in [0.1, 0.15) is 5.75 Å². The first-order valence-electron chi connectivity index (χ1n) is 8.82. The predicted octanol–water partition coefficient (Wildman–Crippen LogP) is 3.09. The zero-order chi connectivity index (χ0) is 19.8. The Labute approximate surface area is 159 Å². The van der Waals surface area contributed by atoms with E-state index < -0.39 is 6.10 Å². The molecule has 0 bridgehead atoms. The molecule has 0 spiro atoms. The topological polar surface area (TPSA) is 76.7 Å². The molecule has 1 unspecified atom stereocenters. The molecule has 0 aromatic heterocycles. The van der Waals surface area contributed by atoms with E-state index in [0.717, 1.165) is 11.1 Å². The van der Waals surface area contributed by atoms with Crippen LogP contribution in [0.1, 0.15) is 28.4 Å². The number of carbonyl (C=O) groups excluding carboxylic acids is 2. The quantitative estimate of drug-likeness (QED) is 0.700. The summed E-state index contributed by atoms with van der Waals surface area (Å²) >= 11 is 0. The fraction of sp³-hybridized carbons (Fsp3) is 0.333. The zero-order valence-electron chi connectivity index (χ0n) is 16.2. The summed E-state index contributed by atoms with van der Waals surface area (Å²) in [5.74, 6) is 0.255. The molecule has 0 saturated heterocycles. The molecule has 0 heterocycles. The summed E-state index contributed by atoms with van der Waals surface area (Å²) in [7, 11) is 1.58. The van der Waals surface area contributed by atoms with Crippen LogP contribution in [0, 0.1) is 13.8 Å². The van der Waals surface area contributed by atoms with E-state index in [0.29, 0.717) is 30.2 Å². The van der Waals surface area contributed by atoms with Crippen LogP contribution in [0.15, 0.2) is 42.5 Å². The molecule has 2 N–H and O–H groups in total. The molecule has 2 aromatic rings. The van der Waals surface area contributed by atoms with Crippen molar-refractivity contribution in [2.24, 2.45) is 0 Å². The summed E-state index contributed by atoms with van der Waals surface area (Å²) in [6.45, 7) is 6.52. The van der Waals surface area contributed by atoms with E-state index in [1.54, 1.807) is 38.3 Å². The van der Waals surface area contributed by atoms with Crippen molar-refractivity contribution >= 4 is 17.5 Å². The van der Waals surface area contributed by atoms with Gasteiger partial charge in [0, 0.05) is 24.9 Å². The molecule has 1 atom stereocenters. The molecule has 0 radical (unpaired) electrons. The Morgan fingerprint density at radius 3 is 2.44 bits per heavy atom. The number of nitrogens with one attached hydrogen (secondary N) is 2. The van der Waals surface area contributed by atoms with Gasteiger partial charge in [0.15, 0.2) is 6.10 Å². The van der Waals surface area contributed by atoms with Gasteiger partial charge in [-0.15, -0.1) is 0 Å². The van der Waals surface area contributed by atoms with Crippen LogP contribution < -0.4 is 15.4 Å². The number of rotatable bonds is 8. The lowest BCUT2D eigenvalue weighted by Gasteiger charge is -2.17. The minimum absolute atomic E-state index is 0.184. The number of benzene rings is 2. The molecule has 27 heavy (non-hydrogen) atoms. The summed E-state index contributed by atoms with van der Waals surface area (Å²) in [4.78, 5) is 24.3. The molecule has 6 nitrogen and oxygen atoms in total. The minimum atomic E-state index is -0.650. The molecular formula is C21H26N2O4. The lowest BCUT2D eigenvalue weighted by Crippen LogP contribution is -2.30. The molecule has 2 aromatic carbocycles. The molecule has 2 rings (SSSR count). The van der Waals surface area contributed by atoms with Crippen LogP contribution >= 0.6 is 0 Å². The van der Waals surface area contributed by atoms with Crippen LogP contribution in [0.3, 0.4) is 0 Å². The third-order valence-corrected chi connectivity index (χ3v) is 4.02. The molecule has 2 amide bonds. The number of methoxy groups -OCH3 is 1. The first-order valence-corrected chi connectivity index (χ1v) is 8.82. The van der Waals surface area contributed by atoms with E-state index in [1.165, 1.54) is 0 Å². The van der Waals surface area contributed by atoms with Crippen molar-refractivity contribution in [3.63, 3.8) is 0 Å². The Hall–Kier alpha value is -2.86. The maximum absolute atomic E-state index is 12.4. The van der Waals surface area contributed by atoms with Gasteiger partial charge in [-0.25, -0.2) is 0 Å². The number of hydrogen-bond donors (Lipinski definition) is 2. The lowest BCUT2D eigenvalue weighted by molar-refractivity contribution is -0.122. The maximum atomic E-state index is 12.4. The van der Waals surface area contributed by atoms with Gasteiger partial charge < -0.3 is 20.1 Å². The molecule has 144 valence electrons. The molecule has 0 aliphatic carbocycles. The first kappa shape index (κ1) is 20.5. The fourth-order valence-electron chi connectivity index (χ4n) is 2.40. The smallest absolute Gasteiger partial charge is 0.265 e. The Morgan fingerprint density at radius 2 is 1.78 bits per heavy atom. The Morgan fingerprint density at radius 1 is 1.07 bits per heavy atom. The van der Waals surface area contributed by atoms with Crippen LogP contribution in [0.2, 0.25) is 0 Å². The van der Waals surface area contributed by atoms with Crippen molar-refractivity contribution in [2.45, 2.75) is 26.9 Å². The van der Waals surface area contributed by atoms with E-state index in [4.69, 9.17) is 9.47 Å². The fourth-order valence-corrected chi connectivity index (χ4v) is 2.40. The van der Waals surface area contributed by atoms with E-state index in [2.05, 4.69) is 10.6 Å². The number of aryl methyl sites for hydroxylation is 2. The van der Waals surface area contributed by atoms with E-state index >= 15 is 0 Å². The van der Waals surface area contributed by atoms with Gasteiger partial charge in [-0.2, -0.15) is 0 Å². The number of carbonyl (C=O) groups is 2. The number of hydrogen-bond acceptors (Lipinski definition) is 4. The van der Waals surface area contributed by atoms with Gasteiger partial charge in [0.2, 0.25) is 0 Å².